The van der Waals surface area contributed by atoms with Gasteiger partial charge in [0.15, 0.2) is 11.5 Å². The molecule has 1 saturated carbocycles. The summed E-state index contributed by atoms with van der Waals surface area (Å²) in [5.41, 5.74) is -0.484. The van der Waals surface area contributed by atoms with E-state index in [9.17, 15) is 19.5 Å². The Bertz CT molecular complexity index is 1180. The summed E-state index contributed by atoms with van der Waals surface area (Å²) in [6.45, 7) is 7.41. The van der Waals surface area contributed by atoms with Crippen LogP contribution in [-0.2, 0) is 30.3 Å². The number of ether oxygens (including phenoxy) is 3. The van der Waals surface area contributed by atoms with Gasteiger partial charge in [0.1, 0.15) is 17.7 Å². The Kier molecular flexibility index (Phi) is 13.8. The molecule has 9 nitrogen and oxygen atoms in total. The number of carbonyl (C=O) groups excluding carboxylic acids is 3. The van der Waals surface area contributed by atoms with Gasteiger partial charge >= 0.3 is 11.9 Å². The van der Waals surface area contributed by atoms with E-state index in [0.717, 1.165) is 89.3 Å². The van der Waals surface area contributed by atoms with Crippen LogP contribution in [0.1, 0.15) is 129 Å². The number of benzene rings is 1. The number of rotatable bonds is 17. The van der Waals surface area contributed by atoms with Crippen molar-refractivity contribution in [1.82, 2.24) is 10.6 Å². The molecule has 2 heterocycles. The molecule has 0 spiro atoms. The summed E-state index contributed by atoms with van der Waals surface area (Å²) in [7, 11) is 1.54. The fraction of sp³-hybridized carbons (Fsp3) is 0.763. The summed E-state index contributed by atoms with van der Waals surface area (Å²) < 4.78 is 18.3. The number of unbranched alkanes of at least 4 members (excludes halogenated alkanes) is 2. The number of amides is 1. The number of hydrogen-bond acceptors (Lipinski definition) is 8. The van der Waals surface area contributed by atoms with Gasteiger partial charge in [-0.05, 0) is 87.6 Å². The Balaban J connectivity index is 1.72. The van der Waals surface area contributed by atoms with Gasteiger partial charge < -0.3 is 30.0 Å². The Hall–Kier alpha value is -2.81. The van der Waals surface area contributed by atoms with Crippen LogP contribution in [0.4, 0.5) is 0 Å². The number of fused-ring (bicyclic) bond motifs is 1. The number of hydrogen-bond donors (Lipinski definition) is 3. The Morgan fingerprint density at radius 3 is 2.49 bits per heavy atom. The van der Waals surface area contributed by atoms with Crippen molar-refractivity contribution in [2.75, 3.05) is 20.2 Å². The molecular formula is C38H60N2O7. The molecule has 1 aromatic rings. The van der Waals surface area contributed by atoms with Gasteiger partial charge in [-0.2, -0.15) is 0 Å². The van der Waals surface area contributed by atoms with E-state index in [1.54, 1.807) is 13.2 Å². The summed E-state index contributed by atoms with van der Waals surface area (Å²) in [5.74, 6) is 0.209. The molecule has 3 aliphatic rings. The lowest BCUT2D eigenvalue weighted by Gasteiger charge is -2.49. The van der Waals surface area contributed by atoms with E-state index in [-0.39, 0.29) is 29.5 Å². The van der Waals surface area contributed by atoms with Crippen LogP contribution in [0.5, 0.6) is 11.5 Å². The minimum absolute atomic E-state index is 0.0594. The molecule has 0 aromatic heterocycles. The van der Waals surface area contributed by atoms with Gasteiger partial charge in [-0.15, -0.1) is 0 Å². The molecular weight excluding hydrogens is 596 g/mol. The molecule has 47 heavy (non-hydrogen) atoms. The number of nitrogens with one attached hydrogen (secondary N) is 2. The fourth-order valence-electron chi connectivity index (χ4n) is 8.68. The van der Waals surface area contributed by atoms with Gasteiger partial charge in [0, 0.05) is 25.2 Å². The molecule has 3 N–H and O–H groups in total. The number of phenols is 1. The molecule has 0 radical (unpaired) electrons. The zero-order valence-electron chi connectivity index (χ0n) is 29.4. The molecule has 2 saturated heterocycles. The largest absolute Gasteiger partial charge is 0.504 e. The summed E-state index contributed by atoms with van der Waals surface area (Å²) in [6, 6.07) is 5.43. The predicted molar refractivity (Wildman–Crippen MR) is 182 cm³/mol. The van der Waals surface area contributed by atoms with E-state index in [4.69, 9.17) is 14.2 Å². The maximum absolute atomic E-state index is 14.6. The Morgan fingerprint density at radius 2 is 1.79 bits per heavy atom. The Labute approximate surface area is 282 Å². The maximum Gasteiger partial charge on any atom is 0.332 e. The third-order valence-corrected chi connectivity index (χ3v) is 11.2. The van der Waals surface area contributed by atoms with Crippen LogP contribution in [0.15, 0.2) is 18.2 Å². The highest BCUT2D eigenvalue weighted by molar-refractivity contribution is 5.90. The molecule has 3 fully saturated rings. The number of carbonyl (C=O) groups is 3. The van der Waals surface area contributed by atoms with Crippen molar-refractivity contribution in [3.8, 4) is 11.5 Å². The first-order chi connectivity index (χ1) is 22.6. The summed E-state index contributed by atoms with van der Waals surface area (Å²) >= 11 is 0. The summed E-state index contributed by atoms with van der Waals surface area (Å²) in [4.78, 5) is 39.9. The monoisotopic (exact) mass is 656 g/mol. The van der Waals surface area contributed by atoms with E-state index in [2.05, 4.69) is 24.5 Å². The van der Waals surface area contributed by atoms with Gasteiger partial charge in [0.25, 0.3) is 0 Å². The predicted octanol–water partition coefficient (Wildman–Crippen LogP) is 6.77. The van der Waals surface area contributed by atoms with E-state index in [1.807, 2.05) is 12.1 Å². The van der Waals surface area contributed by atoms with Crippen LogP contribution in [0, 0.1) is 17.3 Å². The Morgan fingerprint density at radius 1 is 1.00 bits per heavy atom. The van der Waals surface area contributed by atoms with Crippen LogP contribution >= 0.6 is 0 Å². The van der Waals surface area contributed by atoms with Crippen LogP contribution < -0.4 is 15.4 Å². The van der Waals surface area contributed by atoms with Crippen molar-refractivity contribution in [2.45, 2.75) is 148 Å². The second-order valence-electron chi connectivity index (χ2n) is 14.5. The van der Waals surface area contributed by atoms with Crippen molar-refractivity contribution >= 4 is 17.8 Å². The van der Waals surface area contributed by atoms with Crippen molar-refractivity contribution in [2.24, 2.45) is 17.3 Å². The number of phenolic OH excluding ortho intramolecular Hbond substituents is 1. The van der Waals surface area contributed by atoms with Crippen LogP contribution in [-0.4, -0.2) is 60.9 Å². The van der Waals surface area contributed by atoms with Gasteiger partial charge in [0.05, 0.1) is 7.11 Å². The normalized spacial score (nSPS) is 24.3. The number of esters is 2. The lowest BCUT2D eigenvalue weighted by Crippen LogP contribution is -2.65. The molecule has 0 unspecified atom stereocenters. The molecule has 2 aliphatic heterocycles. The lowest BCUT2D eigenvalue weighted by molar-refractivity contribution is -0.178. The number of aromatic hydroxyl groups is 1. The van der Waals surface area contributed by atoms with E-state index in [0.29, 0.717) is 43.8 Å². The second-order valence-corrected chi connectivity index (χ2v) is 14.5. The average molecular weight is 657 g/mol. The van der Waals surface area contributed by atoms with Crippen LogP contribution in [0.25, 0.3) is 0 Å². The highest BCUT2D eigenvalue weighted by atomic mass is 16.6. The first kappa shape index (κ1) is 37.0. The molecule has 5 atom stereocenters. The van der Waals surface area contributed by atoms with E-state index < -0.39 is 23.2 Å². The van der Waals surface area contributed by atoms with Crippen molar-refractivity contribution < 1.29 is 33.7 Å². The number of piperidine rings is 2. The minimum atomic E-state index is -1.01. The quantitative estimate of drug-likeness (QED) is 0.124. The SMILES string of the molecule is CCCCC[C@H](CCC)C[C@H](C[C@@H](OC(=O)[C@@]12CCCC[C@@H]1CCC(=O)N2)C1(Cc2ccc(O)c(OC)c2)CCNCC1)OC(C)=O. The molecule has 0 bridgehead atoms. The van der Waals surface area contributed by atoms with Crippen LogP contribution in [0.3, 0.4) is 0 Å². The highest BCUT2D eigenvalue weighted by Gasteiger charge is 2.54. The standard InChI is InChI=1S/C38H60N2O7/c1-5-7-8-12-28(11-6-2)23-31(46-27(3)41)25-34(47-36(44)38-18-10-9-13-30(38)15-17-35(43)40-38)37(19-21-39-22-20-37)26-29-14-16-32(42)33(24-29)45-4/h14,16,24,28,30-31,34,39,42H,5-13,15,17-23,25-26H2,1-4H3,(H,40,43)/t28-,30+,31+,34+,38+/m0/s1. The summed E-state index contributed by atoms with van der Waals surface area (Å²) in [5, 5.41) is 17.0. The lowest BCUT2D eigenvalue weighted by atomic mass is 9.67. The third kappa shape index (κ3) is 9.64. The first-order valence-electron chi connectivity index (χ1n) is 18.4. The third-order valence-electron chi connectivity index (χ3n) is 11.2. The zero-order valence-corrected chi connectivity index (χ0v) is 29.4. The highest BCUT2D eigenvalue weighted by Crippen LogP contribution is 2.45. The fourth-order valence-corrected chi connectivity index (χ4v) is 8.68. The second kappa shape index (κ2) is 17.5. The number of methoxy groups -OCH3 is 1. The van der Waals surface area contributed by atoms with Gasteiger partial charge in [0.2, 0.25) is 5.91 Å². The van der Waals surface area contributed by atoms with Gasteiger partial charge in [-0.25, -0.2) is 4.79 Å². The minimum Gasteiger partial charge on any atom is -0.504 e. The van der Waals surface area contributed by atoms with E-state index >= 15 is 0 Å². The molecule has 1 aromatic carbocycles. The van der Waals surface area contributed by atoms with Crippen LogP contribution in [0.2, 0.25) is 0 Å². The first-order valence-corrected chi connectivity index (χ1v) is 18.4. The van der Waals surface area contributed by atoms with Crippen molar-refractivity contribution in [1.29, 1.82) is 0 Å². The smallest absolute Gasteiger partial charge is 0.332 e. The van der Waals surface area contributed by atoms with Crippen molar-refractivity contribution in [3.05, 3.63) is 23.8 Å². The summed E-state index contributed by atoms with van der Waals surface area (Å²) in [6.07, 6.45) is 13.5. The average Bonchev–Trinajstić information content (AvgIpc) is 3.05. The maximum atomic E-state index is 14.6. The molecule has 1 aliphatic carbocycles. The molecule has 1 amide bonds. The molecule has 264 valence electrons. The molecule has 9 heteroatoms. The zero-order chi connectivity index (χ0) is 33.9. The van der Waals surface area contributed by atoms with Crippen molar-refractivity contribution in [3.63, 3.8) is 0 Å². The van der Waals surface area contributed by atoms with Gasteiger partial charge in [-0.1, -0.05) is 71.3 Å². The topological polar surface area (TPSA) is 123 Å². The van der Waals surface area contributed by atoms with Gasteiger partial charge in [-0.3, -0.25) is 9.59 Å². The molecule has 4 rings (SSSR count). The van der Waals surface area contributed by atoms with E-state index in [1.165, 1.54) is 13.3 Å².